The zero-order chi connectivity index (χ0) is 15.5. The van der Waals surface area contributed by atoms with Crippen LogP contribution in [0.15, 0.2) is 0 Å². The minimum atomic E-state index is -3.95. The van der Waals surface area contributed by atoms with Crippen LogP contribution in [0, 0.1) is 10.1 Å². The van der Waals surface area contributed by atoms with Crippen LogP contribution in [0.25, 0.3) is 0 Å². The highest BCUT2D eigenvalue weighted by Gasteiger charge is 2.61. The van der Waals surface area contributed by atoms with Crippen LogP contribution in [0.2, 0.25) is 0 Å². The molecule has 2 fully saturated rings. The molecule has 12 nitrogen and oxygen atoms in total. The quantitative estimate of drug-likeness (QED) is 0.438. The molecule has 0 bridgehead atoms. The normalized spacial score (nSPS) is 28.5. The molecule has 0 spiro atoms. The van der Waals surface area contributed by atoms with E-state index in [0.717, 1.165) is 12.5 Å². The van der Waals surface area contributed by atoms with E-state index in [-0.39, 0.29) is 5.01 Å². The number of carbonyl (C=O) groups is 1. The van der Waals surface area contributed by atoms with Crippen LogP contribution in [-0.2, 0) is 20.0 Å². The van der Waals surface area contributed by atoms with E-state index >= 15 is 0 Å². The Labute approximate surface area is 114 Å². The minimum absolute atomic E-state index is 0.0664. The first-order valence-corrected chi connectivity index (χ1v) is 8.82. The van der Waals surface area contributed by atoms with E-state index in [9.17, 15) is 31.7 Å². The zero-order valence-electron chi connectivity index (χ0n) is 10.3. The van der Waals surface area contributed by atoms with Gasteiger partial charge in [0.2, 0.25) is 26.2 Å². The van der Waals surface area contributed by atoms with Crippen molar-refractivity contribution >= 4 is 26.1 Å². The van der Waals surface area contributed by atoms with Gasteiger partial charge in [-0.05, 0) is 5.01 Å². The summed E-state index contributed by atoms with van der Waals surface area (Å²) in [7, 11) is -7.81. The molecule has 20 heavy (non-hydrogen) atoms. The van der Waals surface area contributed by atoms with E-state index in [2.05, 4.69) is 5.32 Å². The van der Waals surface area contributed by atoms with Crippen LogP contribution >= 0.6 is 0 Å². The number of hydrogen-bond donors (Lipinski definition) is 1. The summed E-state index contributed by atoms with van der Waals surface area (Å²) in [6.07, 6.45) is -1.30. The van der Waals surface area contributed by atoms with Crippen molar-refractivity contribution in [3.8, 4) is 0 Å². The Morgan fingerprint density at radius 2 is 1.70 bits per heavy atom. The van der Waals surface area contributed by atoms with E-state index in [1.807, 2.05) is 0 Å². The first-order chi connectivity index (χ1) is 8.94. The Morgan fingerprint density at radius 1 is 1.20 bits per heavy atom. The van der Waals surface area contributed by atoms with Crippen LogP contribution in [0.5, 0.6) is 0 Å². The molecule has 0 unspecified atom stereocenters. The number of amides is 2. The zero-order valence-corrected chi connectivity index (χ0v) is 12.0. The van der Waals surface area contributed by atoms with Crippen molar-refractivity contribution in [1.29, 1.82) is 0 Å². The Balaban J connectivity index is 2.54. The van der Waals surface area contributed by atoms with Gasteiger partial charge in [0.05, 0.1) is 19.2 Å². The molecule has 0 aromatic rings. The second kappa shape index (κ2) is 4.24. The number of carbonyl (C=O) groups excluding carboxylic acids is 1. The van der Waals surface area contributed by atoms with E-state index in [0.29, 0.717) is 8.61 Å². The Hall–Kier alpha value is -1.51. The second-order valence-electron chi connectivity index (χ2n) is 4.33. The molecule has 14 heteroatoms. The van der Waals surface area contributed by atoms with Crippen molar-refractivity contribution in [2.24, 2.45) is 0 Å². The number of hydrogen-bond acceptors (Lipinski definition) is 7. The van der Waals surface area contributed by atoms with Crippen LogP contribution in [0.4, 0.5) is 4.79 Å². The average Bonchev–Trinajstić information content (AvgIpc) is 2.68. The molecule has 0 saturated carbocycles. The van der Waals surface area contributed by atoms with Gasteiger partial charge in [-0.3, -0.25) is 0 Å². The molecule has 2 saturated heterocycles. The standard InChI is InChI=1S/C6H11N5O7S2/c1-19(15,16)8-3-9(20(2,17)18)5-4(8)7-6(12)10(5)11(13)14/h4-5H,3H2,1-2H3,(H,7,12)/t4-,5+/m1/s1. The van der Waals surface area contributed by atoms with Crippen molar-refractivity contribution in [2.45, 2.75) is 12.3 Å². The summed E-state index contributed by atoms with van der Waals surface area (Å²) in [5.74, 6) is 0. The molecule has 2 rings (SSSR count). The van der Waals surface area contributed by atoms with E-state index in [1.54, 1.807) is 0 Å². The summed E-state index contributed by atoms with van der Waals surface area (Å²) < 4.78 is 47.7. The van der Waals surface area contributed by atoms with Crippen molar-refractivity contribution in [3.63, 3.8) is 0 Å². The molecular weight excluding hydrogens is 318 g/mol. The maximum absolute atomic E-state index is 11.6. The number of nitrogens with zero attached hydrogens (tertiary/aromatic N) is 4. The number of fused-ring (bicyclic) bond motifs is 1. The number of rotatable bonds is 3. The van der Waals surface area contributed by atoms with Gasteiger partial charge in [0.1, 0.15) is 6.17 Å². The lowest BCUT2D eigenvalue weighted by atomic mass is 10.4. The van der Waals surface area contributed by atoms with E-state index in [4.69, 9.17) is 0 Å². The molecule has 0 aromatic carbocycles. The summed E-state index contributed by atoms with van der Waals surface area (Å²) in [5.41, 5.74) is 0. The molecule has 0 aromatic heterocycles. The maximum atomic E-state index is 11.6. The summed E-state index contributed by atoms with van der Waals surface area (Å²) in [4.78, 5) is 22.4. The Bertz CT molecular complexity index is 672. The van der Waals surface area contributed by atoms with Crippen LogP contribution < -0.4 is 5.32 Å². The van der Waals surface area contributed by atoms with Crippen molar-refractivity contribution in [3.05, 3.63) is 10.1 Å². The van der Waals surface area contributed by atoms with Crippen LogP contribution in [0.1, 0.15) is 0 Å². The van der Waals surface area contributed by atoms with Crippen molar-refractivity contribution in [2.75, 3.05) is 19.2 Å². The highest BCUT2D eigenvalue weighted by Crippen LogP contribution is 2.30. The SMILES string of the molecule is CS(=O)(=O)N1CN(S(C)(=O)=O)[C@H]2NC(=O)N([N+](=O)[O-])[C@@H]21. The molecule has 1 N–H and O–H groups in total. The first-order valence-electron chi connectivity index (χ1n) is 5.12. The van der Waals surface area contributed by atoms with Gasteiger partial charge < -0.3 is 5.32 Å². The van der Waals surface area contributed by atoms with Gasteiger partial charge in [-0.2, -0.15) is 8.61 Å². The number of hydrazine groups is 1. The summed E-state index contributed by atoms with van der Waals surface area (Å²) in [6.45, 7) is -0.600. The molecule has 0 radical (unpaired) electrons. The topological polar surface area (TPSA) is 150 Å². The second-order valence-corrected chi connectivity index (χ2v) is 8.20. The third-order valence-electron chi connectivity index (χ3n) is 2.92. The molecule has 2 aliphatic heterocycles. The fraction of sp³-hybridized carbons (Fsp3) is 0.833. The summed E-state index contributed by atoms with van der Waals surface area (Å²) in [5, 5.41) is 11.9. The lowest BCUT2D eigenvalue weighted by Gasteiger charge is -2.20. The summed E-state index contributed by atoms with van der Waals surface area (Å²) >= 11 is 0. The summed E-state index contributed by atoms with van der Waals surface area (Å²) in [6, 6.07) is -1.17. The van der Waals surface area contributed by atoms with Crippen LogP contribution in [-0.4, -0.2) is 73.0 Å². The molecule has 2 atom stereocenters. The first kappa shape index (κ1) is 14.9. The maximum Gasteiger partial charge on any atom is 0.378 e. The molecule has 0 aliphatic carbocycles. The predicted octanol–water partition coefficient (Wildman–Crippen LogP) is -2.65. The number of nitro groups is 1. The van der Waals surface area contributed by atoms with E-state index < -0.39 is 50.1 Å². The lowest BCUT2D eigenvalue weighted by Crippen LogP contribution is -2.49. The van der Waals surface area contributed by atoms with Gasteiger partial charge in [0, 0.05) is 0 Å². The van der Waals surface area contributed by atoms with Gasteiger partial charge in [-0.25, -0.2) is 31.7 Å². The van der Waals surface area contributed by atoms with Gasteiger partial charge in [-0.1, -0.05) is 0 Å². The monoisotopic (exact) mass is 329 g/mol. The highest BCUT2D eigenvalue weighted by atomic mass is 32.2. The average molecular weight is 329 g/mol. The molecule has 2 amide bonds. The number of sulfonamides is 2. The van der Waals surface area contributed by atoms with Crippen molar-refractivity contribution < 1.29 is 26.7 Å². The number of nitrogens with one attached hydrogen (secondary N) is 1. The molecular formula is C6H11N5O7S2. The fourth-order valence-corrected chi connectivity index (χ4v) is 4.03. The third kappa shape index (κ3) is 2.19. The van der Waals surface area contributed by atoms with E-state index in [1.165, 1.54) is 0 Å². The largest absolute Gasteiger partial charge is 0.378 e. The van der Waals surface area contributed by atoms with Gasteiger partial charge in [0.15, 0.2) is 5.03 Å². The smallest absolute Gasteiger partial charge is 0.313 e. The van der Waals surface area contributed by atoms with Gasteiger partial charge in [0.25, 0.3) is 0 Å². The molecule has 2 aliphatic rings. The molecule has 114 valence electrons. The predicted molar refractivity (Wildman–Crippen MR) is 63.2 cm³/mol. The molecule has 2 heterocycles. The Kier molecular flexibility index (Phi) is 3.16. The fourth-order valence-electron chi connectivity index (χ4n) is 2.11. The Morgan fingerprint density at radius 3 is 2.10 bits per heavy atom. The van der Waals surface area contributed by atoms with Crippen molar-refractivity contribution in [1.82, 2.24) is 18.9 Å². The van der Waals surface area contributed by atoms with Crippen LogP contribution in [0.3, 0.4) is 0 Å². The highest BCUT2D eigenvalue weighted by molar-refractivity contribution is 7.89. The third-order valence-corrected chi connectivity index (χ3v) is 5.30. The minimum Gasteiger partial charge on any atom is -0.313 e. The lowest BCUT2D eigenvalue weighted by molar-refractivity contribution is -0.641. The van der Waals surface area contributed by atoms with Gasteiger partial charge >= 0.3 is 6.03 Å². The number of urea groups is 1. The van der Waals surface area contributed by atoms with Gasteiger partial charge in [-0.15, -0.1) is 0 Å².